The highest BCUT2D eigenvalue weighted by Crippen LogP contribution is 2.41. The number of nitrogens with zero attached hydrogens (tertiary/aromatic N) is 1. The maximum Gasteiger partial charge on any atom is 0.295 e. The van der Waals surface area contributed by atoms with Crippen LogP contribution in [0, 0.1) is 0 Å². The Morgan fingerprint density at radius 3 is 2.58 bits per heavy atom. The standard InChI is InChI=1S/C29H35NO6/c1-4-5-6-16-35-23-11-8-20(9-12-23)26-25(28(32)29(33)30(26)14-7-15-34-3)27(31)21-10-13-24-22(18-21)17-19(2)36-24/h8-13,18-19,26,31H,4-7,14-17H2,1-3H3/b27-25+. The predicted molar refractivity (Wildman–Crippen MR) is 137 cm³/mol. The van der Waals surface area contributed by atoms with Gasteiger partial charge in [-0.15, -0.1) is 0 Å². The summed E-state index contributed by atoms with van der Waals surface area (Å²) in [7, 11) is 1.60. The zero-order chi connectivity index (χ0) is 25.7. The highest BCUT2D eigenvalue weighted by Gasteiger charge is 2.45. The molecule has 1 amide bonds. The molecular formula is C29H35NO6. The van der Waals surface area contributed by atoms with Gasteiger partial charge in [-0.3, -0.25) is 9.59 Å². The average molecular weight is 494 g/mol. The van der Waals surface area contributed by atoms with Gasteiger partial charge in [-0.25, -0.2) is 0 Å². The number of ether oxygens (including phenoxy) is 3. The summed E-state index contributed by atoms with van der Waals surface area (Å²) in [5.74, 6) is 0.0505. The Balaban J connectivity index is 1.68. The van der Waals surface area contributed by atoms with Gasteiger partial charge >= 0.3 is 0 Å². The van der Waals surface area contributed by atoms with Crippen LogP contribution in [-0.4, -0.2) is 54.7 Å². The van der Waals surface area contributed by atoms with E-state index < -0.39 is 17.7 Å². The number of rotatable bonds is 11. The Kier molecular flexibility index (Phi) is 8.31. The number of unbranched alkanes of at least 4 members (excludes halogenated alkanes) is 2. The van der Waals surface area contributed by atoms with Crippen molar-refractivity contribution in [1.82, 2.24) is 4.90 Å². The van der Waals surface area contributed by atoms with E-state index in [1.807, 2.05) is 43.3 Å². The van der Waals surface area contributed by atoms with E-state index in [1.54, 1.807) is 13.2 Å². The molecule has 1 saturated heterocycles. The van der Waals surface area contributed by atoms with Gasteiger partial charge in [0.25, 0.3) is 11.7 Å². The van der Waals surface area contributed by atoms with Gasteiger partial charge in [-0.1, -0.05) is 31.9 Å². The molecule has 2 heterocycles. The molecule has 2 aliphatic rings. The monoisotopic (exact) mass is 493 g/mol. The van der Waals surface area contributed by atoms with E-state index in [4.69, 9.17) is 14.2 Å². The molecule has 0 bridgehead atoms. The summed E-state index contributed by atoms with van der Waals surface area (Å²) in [6, 6.07) is 12.1. The molecule has 0 aliphatic carbocycles. The van der Waals surface area contributed by atoms with Crippen LogP contribution in [0.1, 0.15) is 62.3 Å². The summed E-state index contributed by atoms with van der Waals surface area (Å²) in [4.78, 5) is 27.8. The van der Waals surface area contributed by atoms with E-state index in [-0.39, 0.29) is 17.4 Å². The summed E-state index contributed by atoms with van der Waals surface area (Å²) in [6.45, 7) is 5.58. The van der Waals surface area contributed by atoms with Crippen LogP contribution in [0.5, 0.6) is 11.5 Å². The van der Waals surface area contributed by atoms with Gasteiger partial charge in [-0.05, 0) is 61.2 Å². The number of hydrogen-bond donors (Lipinski definition) is 1. The molecule has 2 unspecified atom stereocenters. The Morgan fingerprint density at radius 1 is 1.08 bits per heavy atom. The van der Waals surface area contributed by atoms with Crippen LogP contribution >= 0.6 is 0 Å². The quantitative estimate of drug-likeness (QED) is 0.204. The minimum atomic E-state index is -0.695. The first-order chi connectivity index (χ1) is 17.4. The molecule has 1 N–H and O–H groups in total. The largest absolute Gasteiger partial charge is 0.507 e. The van der Waals surface area contributed by atoms with Gasteiger partial charge in [0.1, 0.15) is 23.4 Å². The summed E-state index contributed by atoms with van der Waals surface area (Å²) in [6.07, 6.45) is 4.59. The number of aliphatic hydroxyl groups is 1. The maximum absolute atomic E-state index is 13.2. The number of Topliss-reactive ketones (excluding diaryl/α,β-unsaturated/α-hetero) is 1. The Hall–Kier alpha value is -3.32. The van der Waals surface area contributed by atoms with E-state index in [1.165, 1.54) is 4.90 Å². The maximum atomic E-state index is 13.2. The lowest BCUT2D eigenvalue weighted by atomic mass is 9.94. The van der Waals surface area contributed by atoms with Crippen LogP contribution in [0.2, 0.25) is 0 Å². The van der Waals surface area contributed by atoms with E-state index in [2.05, 4.69) is 6.92 Å². The molecule has 2 aromatic rings. The van der Waals surface area contributed by atoms with Gasteiger partial charge in [0.05, 0.1) is 18.2 Å². The molecule has 0 spiro atoms. The lowest BCUT2D eigenvalue weighted by Gasteiger charge is -2.25. The molecule has 192 valence electrons. The highest BCUT2D eigenvalue weighted by molar-refractivity contribution is 6.46. The lowest BCUT2D eigenvalue weighted by Crippen LogP contribution is -2.31. The minimum Gasteiger partial charge on any atom is -0.507 e. The van der Waals surface area contributed by atoms with Crippen molar-refractivity contribution >= 4 is 17.4 Å². The first-order valence-electron chi connectivity index (χ1n) is 12.7. The van der Waals surface area contributed by atoms with Crippen LogP contribution in [-0.2, 0) is 20.7 Å². The summed E-state index contributed by atoms with van der Waals surface area (Å²) in [5, 5.41) is 11.3. The first kappa shape index (κ1) is 25.8. The molecule has 0 saturated carbocycles. The normalized spacial score (nSPS) is 20.5. The lowest BCUT2D eigenvalue weighted by molar-refractivity contribution is -0.140. The smallest absolute Gasteiger partial charge is 0.295 e. The summed E-state index contributed by atoms with van der Waals surface area (Å²) < 4.78 is 16.8. The number of carbonyl (C=O) groups excluding carboxylic acids is 2. The van der Waals surface area contributed by atoms with Crippen LogP contribution in [0.4, 0.5) is 0 Å². The summed E-state index contributed by atoms with van der Waals surface area (Å²) >= 11 is 0. The second-order valence-electron chi connectivity index (χ2n) is 9.42. The third-order valence-electron chi connectivity index (χ3n) is 6.67. The van der Waals surface area contributed by atoms with Crippen molar-refractivity contribution in [3.63, 3.8) is 0 Å². The van der Waals surface area contributed by atoms with Gasteiger partial charge < -0.3 is 24.2 Å². The van der Waals surface area contributed by atoms with Crippen molar-refractivity contribution in [3.8, 4) is 11.5 Å². The fourth-order valence-electron chi connectivity index (χ4n) is 4.85. The van der Waals surface area contributed by atoms with Crippen molar-refractivity contribution in [1.29, 1.82) is 0 Å². The van der Waals surface area contributed by atoms with Crippen molar-refractivity contribution in [2.45, 2.75) is 58.1 Å². The number of amides is 1. The highest BCUT2D eigenvalue weighted by atomic mass is 16.5. The number of hydrogen-bond acceptors (Lipinski definition) is 6. The Morgan fingerprint density at radius 2 is 1.86 bits per heavy atom. The fourth-order valence-corrected chi connectivity index (χ4v) is 4.85. The van der Waals surface area contributed by atoms with Crippen molar-refractivity contribution < 1.29 is 28.9 Å². The molecule has 2 atom stereocenters. The molecule has 2 aromatic carbocycles. The zero-order valence-corrected chi connectivity index (χ0v) is 21.3. The van der Waals surface area contributed by atoms with Gasteiger partial charge in [0.2, 0.25) is 0 Å². The second kappa shape index (κ2) is 11.6. The first-order valence-corrected chi connectivity index (χ1v) is 12.7. The third kappa shape index (κ3) is 5.41. The summed E-state index contributed by atoms with van der Waals surface area (Å²) in [5.41, 5.74) is 2.32. The fraction of sp³-hybridized carbons (Fsp3) is 0.448. The predicted octanol–water partition coefficient (Wildman–Crippen LogP) is 5.04. The number of likely N-dealkylation sites (tertiary alicyclic amines) is 1. The number of carbonyl (C=O) groups is 2. The van der Waals surface area contributed by atoms with Crippen LogP contribution in [0.3, 0.4) is 0 Å². The van der Waals surface area contributed by atoms with Crippen LogP contribution in [0.15, 0.2) is 48.0 Å². The Labute approximate surface area is 212 Å². The van der Waals surface area contributed by atoms with Gasteiger partial charge in [-0.2, -0.15) is 0 Å². The third-order valence-corrected chi connectivity index (χ3v) is 6.67. The molecule has 1 fully saturated rings. The molecule has 0 radical (unpaired) electrons. The molecule has 7 nitrogen and oxygen atoms in total. The van der Waals surface area contributed by atoms with E-state index >= 15 is 0 Å². The zero-order valence-electron chi connectivity index (χ0n) is 21.3. The molecule has 2 aliphatic heterocycles. The Bertz CT molecular complexity index is 1120. The topological polar surface area (TPSA) is 85.3 Å². The van der Waals surface area contributed by atoms with Gasteiger partial charge in [0.15, 0.2) is 0 Å². The molecule has 0 aromatic heterocycles. The molecule has 4 rings (SSSR count). The van der Waals surface area contributed by atoms with Crippen molar-refractivity contribution in [2.75, 3.05) is 26.9 Å². The van der Waals surface area contributed by atoms with Gasteiger partial charge in [0, 0.05) is 32.2 Å². The number of aliphatic hydroxyl groups excluding tert-OH is 1. The van der Waals surface area contributed by atoms with E-state index in [0.717, 1.165) is 48.3 Å². The van der Waals surface area contributed by atoms with Crippen molar-refractivity contribution in [3.05, 3.63) is 64.7 Å². The van der Waals surface area contributed by atoms with Crippen molar-refractivity contribution in [2.24, 2.45) is 0 Å². The van der Waals surface area contributed by atoms with E-state index in [0.29, 0.717) is 31.7 Å². The average Bonchev–Trinajstić information content (AvgIpc) is 3.37. The molecule has 36 heavy (non-hydrogen) atoms. The number of benzene rings is 2. The number of methoxy groups -OCH3 is 1. The van der Waals surface area contributed by atoms with Crippen LogP contribution in [0.25, 0.3) is 5.76 Å². The van der Waals surface area contributed by atoms with E-state index in [9.17, 15) is 14.7 Å². The minimum absolute atomic E-state index is 0.0615. The molecular weight excluding hydrogens is 458 g/mol. The number of fused-ring (bicyclic) bond motifs is 1. The molecule has 7 heteroatoms. The number of ketones is 1. The SMILES string of the molecule is CCCCCOc1ccc(C2/C(=C(\O)c3ccc4c(c3)CC(C)O4)C(=O)C(=O)N2CCCOC)cc1. The van der Waals surface area contributed by atoms with Crippen LogP contribution < -0.4 is 9.47 Å². The second-order valence-corrected chi connectivity index (χ2v) is 9.42.